The number of amides is 2. The molecular weight excluding hydrogens is 276 g/mol. The Bertz CT molecular complexity index is 495. The topological polar surface area (TPSA) is 58.2 Å². The fraction of sp³-hybridized carbons (Fsp3) is 0.467. The van der Waals surface area contributed by atoms with Crippen LogP contribution in [0.4, 0.5) is 0 Å². The molecule has 0 aliphatic carbocycles. The van der Waals surface area contributed by atoms with Gasteiger partial charge in [0.05, 0.1) is 12.6 Å². The smallest absolute Gasteiger partial charge is 0.239 e. The minimum Gasteiger partial charge on any atom is -0.348 e. The number of hydrogen-bond donors (Lipinski definition) is 2. The number of benzene rings is 1. The molecule has 1 aromatic rings. The van der Waals surface area contributed by atoms with Gasteiger partial charge in [0.2, 0.25) is 11.8 Å². The predicted octanol–water partition coefficient (Wildman–Crippen LogP) is 2.68. The SMILES string of the molecule is CC(NC(=O)CNC(=O)C(C)(C)C)c1cccc(Cl)c1. The third kappa shape index (κ3) is 5.21. The van der Waals surface area contributed by atoms with Crippen LogP contribution >= 0.6 is 11.6 Å². The molecule has 0 aromatic heterocycles. The zero-order valence-corrected chi connectivity index (χ0v) is 13.0. The van der Waals surface area contributed by atoms with Crippen LogP contribution in [0, 0.1) is 5.41 Å². The molecule has 0 spiro atoms. The number of hydrogen-bond acceptors (Lipinski definition) is 2. The van der Waals surface area contributed by atoms with Gasteiger partial charge >= 0.3 is 0 Å². The molecule has 0 radical (unpaired) electrons. The Labute approximate surface area is 124 Å². The van der Waals surface area contributed by atoms with Crippen molar-refractivity contribution in [1.29, 1.82) is 0 Å². The van der Waals surface area contributed by atoms with E-state index in [0.717, 1.165) is 5.56 Å². The van der Waals surface area contributed by atoms with Gasteiger partial charge in [-0.2, -0.15) is 0 Å². The van der Waals surface area contributed by atoms with Crippen LogP contribution in [0.5, 0.6) is 0 Å². The van der Waals surface area contributed by atoms with Crippen molar-refractivity contribution in [3.63, 3.8) is 0 Å². The van der Waals surface area contributed by atoms with Crippen molar-refractivity contribution in [2.24, 2.45) is 5.41 Å². The Morgan fingerprint density at radius 2 is 1.95 bits per heavy atom. The minimum atomic E-state index is -0.501. The van der Waals surface area contributed by atoms with Gasteiger partial charge in [-0.1, -0.05) is 44.5 Å². The fourth-order valence-electron chi connectivity index (χ4n) is 1.58. The van der Waals surface area contributed by atoms with Gasteiger partial charge in [-0.3, -0.25) is 9.59 Å². The van der Waals surface area contributed by atoms with E-state index in [1.807, 2.05) is 19.1 Å². The molecule has 1 atom stereocenters. The highest BCUT2D eigenvalue weighted by Gasteiger charge is 2.21. The number of carbonyl (C=O) groups excluding carboxylic acids is 2. The van der Waals surface area contributed by atoms with Gasteiger partial charge < -0.3 is 10.6 Å². The van der Waals surface area contributed by atoms with Crippen LogP contribution in [0.2, 0.25) is 5.02 Å². The molecule has 1 unspecified atom stereocenters. The molecule has 0 saturated heterocycles. The number of nitrogens with one attached hydrogen (secondary N) is 2. The first-order valence-corrected chi connectivity index (χ1v) is 6.91. The van der Waals surface area contributed by atoms with Crippen LogP contribution in [-0.4, -0.2) is 18.4 Å². The van der Waals surface area contributed by atoms with Gasteiger partial charge in [0.25, 0.3) is 0 Å². The van der Waals surface area contributed by atoms with E-state index in [0.29, 0.717) is 5.02 Å². The summed E-state index contributed by atoms with van der Waals surface area (Å²) < 4.78 is 0. The van der Waals surface area contributed by atoms with Gasteiger partial charge in [-0.05, 0) is 24.6 Å². The molecule has 2 N–H and O–H groups in total. The zero-order chi connectivity index (χ0) is 15.3. The van der Waals surface area contributed by atoms with Crippen molar-refractivity contribution < 1.29 is 9.59 Å². The number of halogens is 1. The molecule has 1 rings (SSSR count). The molecule has 0 aliphatic heterocycles. The predicted molar refractivity (Wildman–Crippen MR) is 80.5 cm³/mol. The van der Waals surface area contributed by atoms with Crippen LogP contribution in [0.3, 0.4) is 0 Å². The van der Waals surface area contributed by atoms with Crippen LogP contribution in [0.25, 0.3) is 0 Å². The average Bonchev–Trinajstić information content (AvgIpc) is 2.34. The molecule has 5 heteroatoms. The molecule has 0 fully saturated rings. The average molecular weight is 297 g/mol. The Balaban J connectivity index is 2.49. The van der Waals surface area contributed by atoms with E-state index in [2.05, 4.69) is 10.6 Å². The molecule has 0 aliphatic rings. The van der Waals surface area contributed by atoms with Gasteiger partial charge in [0.1, 0.15) is 0 Å². The summed E-state index contributed by atoms with van der Waals surface area (Å²) in [4.78, 5) is 23.4. The van der Waals surface area contributed by atoms with E-state index in [1.165, 1.54) is 0 Å². The summed E-state index contributed by atoms with van der Waals surface area (Å²) in [5.41, 5.74) is 0.423. The Morgan fingerprint density at radius 1 is 1.30 bits per heavy atom. The van der Waals surface area contributed by atoms with Crippen molar-refractivity contribution in [3.8, 4) is 0 Å². The maximum absolute atomic E-state index is 11.8. The first kappa shape index (κ1) is 16.5. The van der Waals surface area contributed by atoms with Crippen LogP contribution in [0.15, 0.2) is 24.3 Å². The minimum absolute atomic E-state index is 0.0268. The third-order valence-electron chi connectivity index (χ3n) is 2.82. The second-order valence-electron chi connectivity index (χ2n) is 5.78. The summed E-state index contributed by atoms with van der Waals surface area (Å²) in [5, 5.41) is 6.06. The van der Waals surface area contributed by atoms with Gasteiger partial charge in [0, 0.05) is 10.4 Å². The van der Waals surface area contributed by atoms with E-state index in [1.54, 1.807) is 32.9 Å². The summed E-state index contributed by atoms with van der Waals surface area (Å²) in [6.45, 7) is 7.24. The van der Waals surface area contributed by atoms with Crippen LogP contribution in [-0.2, 0) is 9.59 Å². The van der Waals surface area contributed by atoms with Crippen molar-refractivity contribution >= 4 is 23.4 Å². The number of carbonyl (C=O) groups is 2. The third-order valence-corrected chi connectivity index (χ3v) is 3.05. The van der Waals surface area contributed by atoms with E-state index in [9.17, 15) is 9.59 Å². The monoisotopic (exact) mass is 296 g/mol. The second kappa shape index (κ2) is 6.75. The lowest BCUT2D eigenvalue weighted by Gasteiger charge is -2.19. The normalized spacial score (nSPS) is 12.7. The van der Waals surface area contributed by atoms with Crippen molar-refractivity contribution in [2.45, 2.75) is 33.7 Å². The van der Waals surface area contributed by atoms with E-state index in [4.69, 9.17) is 11.6 Å². The lowest BCUT2D eigenvalue weighted by atomic mass is 9.96. The summed E-state index contributed by atoms with van der Waals surface area (Å²) in [6.07, 6.45) is 0. The summed E-state index contributed by atoms with van der Waals surface area (Å²) in [7, 11) is 0. The maximum atomic E-state index is 11.8. The van der Waals surface area contributed by atoms with E-state index in [-0.39, 0.29) is 24.4 Å². The Kier molecular flexibility index (Phi) is 5.57. The highest BCUT2D eigenvalue weighted by molar-refractivity contribution is 6.30. The van der Waals surface area contributed by atoms with E-state index < -0.39 is 5.41 Å². The molecule has 20 heavy (non-hydrogen) atoms. The Morgan fingerprint density at radius 3 is 2.50 bits per heavy atom. The highest BCUT2D eigenvalue weighted by atomic mass is 35.5. The van der Waals surface area contributed by atoms with Crippen LogP contribution < -0.4 is 10.6 Å². The fourth-order valence-corrected chi connectivity index (χ4v) is 1.78. The molecule has 0 bridgehead atoms. The molecule has 110 valence electrons. The van der Waals surface area contributed by atoms with Crippen molar-refractivity contribution in [2.75, 3.05) is 6.54 Å². The molecule has 0 heterocycles. The van der Waals surface area contributed by atoms with Crippen molar-refractivity contribution in [1.82, 2.24) is 10.6 Å². The maximum Gasteiger partial charge on any atom is 0.239 e. The highest BCUT2D eigenvalue weighted by Crippen LogP contribution is 2.17. The molecule has 0 saturated carbocycles. The standard InChI is InChI=1S/C15H21ClN2O2/c1-10(11-6-5-7-12(16)8-11)18-13(19)9-17-14(20)15(2,3)4/h5-8,10H,9H2,1-4H3,(H,17,20)(H,18,19). The summed E-state index contributed by atoms with van der Waals surface area (Å²) in [6, 6.07) is 7.16. The first-order chi connectivity index (χ1) is 9.20. The Hall–Kier alpha value is -1.55. The summed E-state index contributed by atoms with van der Waals surface area (Å²) >= 11 is 5.91. The summed E-state index contributed by atoms with van der Waals surface area (Å²) in [5.74, 6) is -0.377. The molecule has 4 nitrogen and oxygen atoms in total. The van der Waals surface area contributed by atoms with Gasteiger partial charge in [0.15, 0.2) is 0 Å². The lowest BCUT2D eigenvalue weighted by Crippen LogP contribution is -2.42. The molecule has 1 aromatic carbocycles. The van der Waals surface area contributed by atoms with Crippen LogP contribution in [0.1, 0.15) is 39.3 Å². The second-order valence-corrected chi connectivity index (χ2v) is 6.21. The van der Waals surface area contributed by atoms with Crippen molar-refractivity contribution in [3.05, 3.63) is 34.9 Å². The molecular formula is C15H21ClN2O2. The largest absolute Gasteiger partial charge is 0.348 e. The molecule has 2 amide bonds. The first-order valence-electron chi connectivity index (χ1n) is 6.53. The van der Waals surface area contributed by atoms with Gasteiger partial charge in [-0.25, -0.2) is 0 Å². The van der Waals surface area contributed by atoms with E-state index >= 15 is 0 Å². The quantitative estimate of drug-likeness (QED) is 0.897. The van der Waals surface area contributed by atoms with Gasteiger partial charge in [-0.15, -0.1) is 0 Å². The number of rotatable bonds is 4. The zero-order valence-electron chi connectivity index (χ0n) is 12.3. The lowest BCUT2D eigenvalue weighted by molar-refractivity contribution is -0.131.